The second-order valence-corrected chi connectivity index (χ2v) is 4.49. The van der Waals surface area contributed by atoms with Crippen molar-refractivity contribution in [3.8, 4) is 22.4 Å². The molecule has 3 aromatic rings. The number of aryl methyl sites for hydroxylation is 1. The molecule has 0 aliphatic heterocycles. The Bertz CT molecular complexity index is 690. The summed E-state index contributed by atoms with van der Waals surface area (Å²) in [4.78, 5) is 8.47. The SMILES string of the molecule is Cc1cc(-c2cccc(-c3ccccc3)c2)ncn1. The van der Waals surface area contributed by atoms with Crippen molar-refractivity contribution in [3.63, 3.8) is 0 Å². The molecule has 0 N–H and O–H groups in total. The first kappa shape index (κ1) is 11.6. The van der Waals surface area contributed by atoms with Gasteiger partial charge in [-0.25, -0.2) is 9.97 Å². The zero-order valence-corrected chi connectivity index (χ0v) is 10.7. The summed E-state index contributed by atoms with van der Waals surface area (Å²) in [5.74, 6) is 0. The average Bonchev–Trinajstić information content (AvgIpc) is 2.48. The van der Waals surface area contributed by atoms with Crippen LogP contribution in [0.3, 0.4) is 0 Å². The molecule has 0 unspecified atom stereocenters. The average molecular weight is 246 g/mol. The fraction of sp³-hybridized carbons (Fsp3) is 0.0588. The van der Waals surface area contributed by atoms with Crippen LogP contribution >= 0.6 is 0 Å². The molecule has 0 aliphatic rings. The lowest BCUT2D eigenvalue weighted by Gasteiger charge is -2.05. The van der Waals surface area contributed by atoms with Gasteiger partial charge in [0, 0.05) is 11.3 Å². The van der Waals surface area contributed by atoms with E-state index in [1.807, 2.05) is 19.1 Å². The highest BCUT2D eigenvalue weighted by Crippen LogP contribution is 2.25. The van der Waals surface area contributed by atoms with Gasteiger partial charge in [-0.05, 0) is 30.2 Å². The van der Waals surface area contributed by atoms with E-state index in [2.05, 4.69) is 58.5 Å². The first-order valence-corrected chi connectivity index (χ1v) is 6.27. The first-order valence-electron chi connectivity index (χ1n) is 6.27. The van der Waals surface area contributed by atoms with Gasteiger partial charge in [-0.2, -0.15) is 0 Å². The summed E-state index contributed by atoms with van der Waals surface area (Å²) < 4.78 is 0. The van der Waals surface area contributed by atoms with Gasteiger partial charge in [-0.15, -0.1) is 0 Å². The molecule has 2 heteroatoms. The molecule has 0 atom stereocenters. The third kappa shape index (κ3) is 2.52. The second-order valence-electron chi connectivity index (χ2n) is 4.49. The summed E-state index contributed by atoms with van der Waals surface area (Å²) in [6, 6.07) is 20.8. The summed E-state index contributed by atoms with van der Waals surface area (Å²) in [7, 11) is 0. The maximum atomic E-state index is 4.33. The van der Waals surface area contributed by atoms with Crippen LogP contribution < -0.4 is 0 Å². The Morgan fingerprint density at radius 2 is 1.42 bits per heavy atom. The van der Waals surface area contributed by atoms with Crippen molar-refractivity contribution < 1.29 is 0 Å². The van der Waals surface area contributed by atoms with Crippen LogP contribution in [0.25, 0.3) is 22.4 Å². The van der Waals surface area contributed by atoms with Crippen LogP contribution in [0, 0.1) is 6.92 Å². The summed E-state index contributed by atoms with van der Waals surface area (Å²) >= 11 is 0. The van der Waals surface area contributed by atoms with Crippen molar-refractivity contribution in [3.05, 3.63) is 72.7 Å². The van der Waals surface area contributed by atoms with Gasteiger partial charge < -0.3 is 0 Å². The molecule has 0 saturated carbocycles. The van der Waals surface area contributed by atoms with Crippen LogP contribution in [0.1, 0.15) is 5.69 Å². The molecule has 19 heavy (non-hydrogen) atoms. The Labute approximate surface area is 112 Å². The molecule has 0 bridgehead atoms. The van der Waals surface area contributed by atoms with Gasteiger partial charge in [-0.3, -0.25) is 0 Å². The molecular formula is C17H14N2. The molecule has 2 aromatic carbocycles. The molecule has 0 aliphatic carbocycles. The van der Waals surface area contributed by atoms with E-state index in [-0.39, 0.29) is 0 Å². The van der Waals surface area contributed by atoms with E-state index in [4.69, 9.17) is 0 Å². The zero-order chi connectivity index (χ0) is 13.1. The monoisotopic (exact) mass is 246 g/mol. The van der Waals surface area contributed by atoms with E-state index >= 15 is 0 Å². The predicted molar refractivity (Wildman–Crippen MR) is 77.6 cm³/mol. The number of rotatable bonds is 2. The number of benzene rings is 2. The maximum Gasteiger partial charge on any atom is 0.116 e. The van der Waals surface area contributed by atoms with E-state index in [9.17, 15) is 0 Å². The van der Waals surface area contributed by atoms with Crippen molar-refractivity contribution >= 4 is 0 Å². The molecule has 1 aromatic heterocycles. The Kier molecular flexibility index (Phi) is 3.07. The first-order chi connectivity index (χ1) is 9.33. The van der Waals surface area contributed by atoms with Crippen molar-refractivity contribution in [1.82, 2.24) is 9.97 Å². The van der Waals surface area contributed by atoms with E-state index in [0.29, 0.717) is 0 Å². The molecular weight excluding hydrogens is 232 g/mol. The molecule has 0 fully saturated rings. The molecule has 92 valence electrons. The van der Waals surface area contributed by atoms with Crippen LogP contribution in [0.2, 0.25) is 0 Å². The van der Waals surface area contributed by atoms with Crippen molar-refractivity contribution in [1.29, 1.82) is 0 Å². The highest BCUT2D eigenvalue weighted by atomic mass is 14.8. The number of hydrogen-bond acceptors (Lipinski definition) is 2. The smallest absolute Gasteiger partial charge is 0.116 e. The van der Waals surface area contributed by atoms with Gasteiger partial charge in [0.25, 0.3) is 0 Å². The minimum Gasteiger partial charge on any atom is -0.242 e. The van der Waals surface area contributed by atoms with Gasteiger partial charge in [-0.1, -0.05) is 48.5 Å². The van der Waals surface area contributed by atoms with Crippen LogP contribution in [0.5, 0.6) is 0 Å². The summed E-state index contributed by atoms with van der Waals surface area (Å²) in [6.07, 6.45) is 1.61. The predicted octanol–water partition coefficient (Wildman–Crippen LogP) is 4.12. The molecule has 0 radical (unpaired) electrons. The van der Waals surface area contributed by atoms with E-state index < -0.39 is 0 Å². The number of nitrogens with zero attached hydrogens (tertiary/aromatic N) is 2. The highest BCUT2D eigenvalue weighted by molar-refractivity contribution is 5.71. The third-order valence-electron chi connectivity index (χ3n) is 3.07. The Hall–Kier alpha value is -2.48. The largest absolute Gasteiger partial charge is 0.242 e. The second kappa shape index (κ2) is 5.02. The molecule has 3 rings (SSSR count). The van der Waals surface area contributed by atoms with Crippen LogP contribution in [-0.4, -0.2) is 9.97 Å². The van der Waals surface area contributed by atoms with Gasteiger partial charge in [0.1, 0.15) is 6.33 Å². The van der Waals surface area contributed by atoms with Crippen LogP contribution in [0.4, 0.5) is 0 Å². The van der Waals surface area contributed by atoms with Crippen LogP contribution in [-0.2, 0) is 0 Å². The topological polar surface area (TPSA) is 25.8 Å². The number of aromatic nitrogens is 2. The van der Waals surface area contributed by atoms with Crippen molar-refractivity contribution in [2.45, 2.75) is 6.92 Å². The van der Waals surface area contributed by atoms with Gasteiger partial charge in [0.05, 0.1) is 5.69 Å². The van der Waals surface area contributed by atoms with Gasteiger partial charge in [0.2, 0.25) is 0 Å². The Morgan fingerprint density at radius 3 is 2.21 bits per heavy atom. The van der Waals surface area contributed by atoms with E-state index in [0.717, 1.165) is 17.0 Å². The zero-order valence-electron chi connectivity index (χ0n) is 10.7. The molecule has 0 spiro atoms. The lowest BCUT2D eigenvalue weighted by Crippen LogP contribution is -1.88. The molecule has 0 amide bonds. The fourth-order valence-corrected chi connectivity index (χ4v) is 2.10. The quantitative estimate of drug-likeness (QED) is 0.679. The minimum atomic E-state index is 0.963. The van der Waals surface area contributed by atoms with Crippen LogP contribution in [0.15, 0.2) is 67.0 Å². The normalized spacial score (nSPS) is 10.4. The van der Waals surface area contributed by atoms with E-state index in [1.165, 1.54) is 11.1 Å². The molecule has 0 saturated heterocycles. The van der Waals surface area contributed by atoms with Crippen molar-refractivity contribution in [2.75, 3.05) is 0 Å². The fourth-order valence-electron chi connectivity index (χ4n) is 2.10. The Morgan fingerprint density at radius 1 is 0.684 bits per heavy atom. The summed E-state index contributed by atoms with van der Waals surface area (Å²) in [6.45, 7) is 1.98. The van der Waals surface area contributed by atoms with Gasteiger partial charge >= 0.3 is 0 Å². The molecule has 1 heterocycles. The molecule has 2 nitrogen and oxygen atoms in total. The lowest BCUT2D eigenvalue weighted by molar-refractivity contribution is 1.11. The highest BCUT2D eigenvalue weighted by Gasteiger charge is 2.02. The summed E-state index contributed by atoms with van der Waals surface area (Å²) in [5.41, 5.74) is 5.48. The lowest BCUT2D eigenvalue weighted by atomic mass is 10.0. The van der Waals surface area contributed by atoms with Gasteiger partial charge in [0.15, 0.2) is 0 Å². The Balaban J connectivity index is 2.06. The third-order valence-corrected chi connectivity index (χ3v) is 3.07. The number of hydrogen-bond donors (Lipinski definition) is 0. The minimum absolute atomic E-state index is 0.963. The standard InChI is InChI=1S/C17H14N2/c1-13-10-17(19-12-18-13)16-9-5-8-15(11-16)14-6-3-2-4-7-14/h2-12H,1H3. The maximum absolute atomic E-state index is 4.33. The van der Waals surface area contributed by atoms with E-state index in [1.54, 1.807) is 6.33 Å². The van der Waals surface area contributed by atoms with Crippen molar-refractivity contribution in [2.24, 2.45) is 0 Å². The summed E-state index contributed by atoms with van der Waals surface area (Å²) in [5, 5.41) is 0.